The zero-order chi connectivity index (χ0) is 11.6. The van der Waals surface area contributed by atoms with Crippen LogP contribution in [0.15, 0.2) is 4.52 Å². The zero-order valence-electron chi connectivity index (χ0n) is 10.3. The molecule has 1 aliphatic heterocycles. The fraction of sp³-hybridized carbons (Fsp3) is 0.818. The molecule has 1 aromatic rings. The van der Waals surface area contributed by atoms with Crippen LogP contribution >= 0.6 is 0 Å². The molecule has 1 N–H and O–H groups in total. The van der Waals surface area contributed by atoms with E-state index < -0.39 is 0 Å². The number of anilines is 1. The molecule has 0 spiro atoms. The summed E-state index contributed by atoms with van der Waals surface area (Å²) in [5.74, 6) is 0.677. The van der Waals surface area contributed by atoms with Crippen LogP contribution in [0.5, 0.6) is 0 Å². The molecule has 0 unspecified atom stereocenters. The van der Waals surface area contributed by atoms with Crippen LogP contribution in [0.3, 0.4) is 0 Å². The number of nitrogens with zero attached hydrogens (tertiary/aromatic N) is 3. The predicted molar refractivity (Wildman–Crippen MR) is 62.4 cm³/mol. The van der Waals surface area contributed by atoms with E-state index in [2.05, 4.69) is 34.3 Å². The number of aromatic nitrogens is 2. The summed E-state index contributed by atoms with van der Waals surface area (Å²) in [6.45, 7) is 7.38. The molecule has 0 amide bonds. The zero-order valence-corrected chi connectivity index (χ0v) is 10.3. The fourth-order valence-electron chi connectivity index (χ4n) is 1.99. The number of likely N-dealkylation sites (tertiary alicyclic amines) is 1. The molecule has 2 rings (SSSR count). The molecule has 1 aromatic heterocycles. The number of rotatable bonds is 3. The van der Waals surface area contributed by atoms with E-state index in [-0.39, 0.29) is 0 Å². The summed E-state index contributed by atoms with van der Waals surface area (Å²) < 4.78 is 5.04. The standard InChI is InChI=1S/C11H20N4O/c1-9-13-10(16-14-9)12-8-11(2)4-6-15(3)7-5-11/h4-8H2,1-3H3,(H,12,13,14). The second-order valence-corrected chi connectivity index (χ2v) is 5.11. The maximum absolute atomic E-state index is 5.04. The van der Waals surface area contributed by atoms with Crippen molar-refractivity contribution in [2.45, 2.75) is 26.7 Å². The van der Waals surface area contributed by atoms with Crippen molar-refractivity contribution in [1.29, 1.82) is 0 Å². The quantitative estimate of drug-likeness (QED) is 0.843. The van der Waals surface area contributed by atoms with Crippen molar-refractivity contribution in [2.24, 2.45) is 5.41 Å². The first-order valence-electron chi connectivity index (χ1n) is 5.80. The van der Waals surface area contributed by atoms with E-state index in [0.29, 0.717) is 17.3 Å². The van der Waals surface area contributed by atoms with Crippen molar-refractivity contribution in [3.05, 3.63) is 5.82 Å². The first-order valence-corrected chi connectivity index (χ1v) is 5.80. The third-order valence-electron chi connectivity index (χ3n) is 3.39. The Labute approximate surface area is 96.2 Å². The molecule has 5 nitrogen and oxygen atoms in total. The molecule has 90 valence electrons. The Morgan fingerprint density at radius 2 is 2.12 bits per heavy atom. The maximum Gasteiger partial charge on any atom is 0.321 e. The summed E-state index contributed by atoms with van der Waals surface area (Å²) in [6, 6.07) is 0.539. The van der Waals surface area contributed by atoms with Gasteiger partial charge in [-0.2, -0.15) is 4.98 Å². The van der Waals surface area contributed by atoms with Gasteiger partial charge in [-0.15, -0.1) is 0 Å². The van der Waals surface area contributed by atoms with Gasteiger partial charge < -0.3 is 14.7 Å². The van der Waals surface area contributed by atoms with E-state index in [0.717, 1.165) is 6.54 Å². The third kappa shape index (κ3) is 2.72. The molecule has 16 heavy (non-hydrogen) atoms. The van der Waals surface area contributed by atoms with Gasteiger partial charge in [-0.3, -0.25) is 0 Å². The lowest BCUT2D eigenvalue weighted by Crippen LogP contribution is -2.40. The van der Waals surface area contributed by atoms with Crippen LogP contribution in [0.25, 0.3) is 0 Å². The molecular formula is C11H20N4O. The Morgan fingerprint density at radius 3 is 2.69 bits per heavy atom. The Bertz CT molecular complexity index is 342. The lowest BCUT2D eigenvalue weighted by Gasteiger charge is -2.37. The van der Waals surface area contributed by atoms with Crippen LogP contribution in [-0.2, 0) is 0 Å². The van der Waals surface area contributed by atoms with Crippen LogP contribution in [0.4, 0.5) is 6.01 Å². The molecule has 0 saturated carbocycles. The van der Waals surface area contributed by atoms with Gasteiger partial charge in [0, 0.05) is 6.54 Å². The van der Waals surface area contributed by atoms with Crippen molar-refractivity contribution in [1.82, 2.24) is 15.0 Å². The van der Waals surface area contributed by atoms with Gasteiger partial charge >= 0.3 is 6.01 Å². The molecule has 1 aliphatic rings. The maximum atomic E-state index is 5.04. The minimum atomic E-state index is 0.342. The number of piperidine rings is 1. The normalized spacial score (nSPS) is 20.9. The van der Waals surface area contributed by atoms with Crippen molar-refractivity contribution in [3.8, 4) is 0 Å². The molecule has 5 heteroatoms. The summed E-state index contributed by atoms with van der Waals surface area (Å²) >= 11 is 0. The molecule has 1 fully saturated rings. The van der Waals surface area contributed by atoms with E-state index in [9.17, 15) is 0 Å². The Hall–Kier alpha value is -1.10. The van der Waals surface area contributed by atoms with E-state index >= 15 is 0 Å². The van der Waals surface area contributed by atoms with Gasteiger partial charge in [0.1, 0.15) is 0 Å². The van der Waals surface area contributed by atoms with Crippen molar-refractivity contribution in [2.75, 3.05) is 32.0 Å². The minimum absolute atomic E-state index is 0.342. The smallest absolute Gasteiger partial charge is 0.321 e. The molecule has 2 heterocycles. The Balaban J connectivity index is 1.85. The summed E-state index contributed by atoms with van der Waals surface area (Å²) in [6.07, 6.45) is 2.42. The van der Waals surface area contributed by atoms with Crippen LogP contribution in [0.2, 0.25) is 0 Å². The van der Waals surface area contributed by atoms with Crippen molar-refractivity contribution < 1.29 is 4.52 Å². The summed E-state index contributed by atoms with van der Waals surface area (Å²) in [7, 11) is 2.17. The summed E-state index contributed by atoms with van der Waals surface area (Å²) in [5.41, 5.74) is 0.342. The van der Waals surface area contributed by atoms with E-state index in [1.165, 1.54) is 25.9 Å². The second kappa shape index (κ2) is 4.41. The Morgan fingerprint density at radius 1 is 1.44 bits per heavy atom. The van der Waals surface area contributed by atoms with E-state index in [1.54, 1.807) is 0 Å². The minimum Gasteiger partial charge on any atom is -0.337 e. The van der Waals surface area contributed by atoms with Crippen LogP contribution < -0.4 is 5.32 Å². The number of aryl methyl sites for hydroxylation is 1. The fourth-order valence-corrected chi connectivity index (χ4v) is 1.99. The van der Waals surface area contributed by atoms with Crippen molar-refractivity contribution in [3.63, 3.8) is 0 Å². The Kier molecular flexibility index (Phi) is 3.14. The lowest BCUT2D eigenvalue weighted by molar-refractivity contribution is 0.150. The summed E-state index contributed by atoms with van der Waals surface area (Å²) in [5, 5.41) is 6.99. The molecule has 0 bridgehead atoms. The van der Waals surface area contributed by atoms with Gasteiger partial charge in [0.2, 0.25) is 0 Å². The monoisotopic (exact) mass is 224 g/mol. The lowest BCUT2D eigenvalue weighted by atomic mass is 9.80. The van der Waals surface area contributed by atoms with Gasteiger partial charge in [0.05, 0.1) is 0 Å². The SMILES string of the molecule is Cc1noc(NCC2(C)CCN(C)CC2)n1. The number of hydrogen-bond donors (Lipinski definition) is 1. The first kappa shape index (κ1) is 11.4. The highest BCUT2D eigenvalue weighted by Crippen LogP contribution is 2.30. The topological polar surface area (TPSA) is 54.2 Å². The van der Waals surface area contributed by atoms with Gasteiger partial charge in [-0.25, -0.2) is 0 Å². The van der Waals surface area contributed by atoms with Crippen LogP contribution in [0, 0.1) is 12.3 Å². The molecule has 0 aliphatic carbocycles. The van der Waals surface area contributed by atoms with Gasteiger partial charge in [0.15, 0.2) is 5.82 Å². The highest BCUT2D eigenvalue weighted by atomic mass is 16.5. The van der Waals surface area contributed by atoms with Gasteiger partial charge in [-0.1, -0.05) is 12.1 Å². The molecule has 0 radical (unpaired) electrons. The molecule has 0 atom stereocenters. The second-order valence-electron chi connectivity index (χ2n) is 5.11. The van der Waals surface area contributed by atoms with Gasteiger partial charge in [0.25, 0.3) is 0 Å². The van der Waals surface area contributed by atoms with Crippen LogP contribution in [0.1, 0.15) is 25.6 Å². The largest absolute Gasteiger partial charge is 0.337 e. The summed E-state index contributed by atoms with van der Waals surface area (Å²) in [4.78, 5) is 6.52. The average Bonchev–Trinajstić information content (AvgIpc) is 2.67. The molecular weight excluding hydrogens is 204 g/mol. The van der Waals surface area contributed by atoms with Crippen LogP contribution in [-0.4, -0.2) is 41.7 Å². The highest BCUT2D eigenvalue weighted by molar-refractivity contribution is 5.18. The predicted octanol–water partition coefficient (Wildman–Crippen LogP) is 1.52. The van der Waals surface area contributed by atoms with E-state index in [4.69, 9.17) is 4.52 Å². The van der Waals surface area contributed by atoms with Crippen molar-refractivity contribution >= 4 is 6.01 Å². The average molecular weight is 224 g/mol. The highest BCUT2D eigenvalue weighted by Gasteiger charge is 2.28. The molecule has 1 saturated heterocycles. The first-order chi connectivity index (χ1) is 7.57. The van der Waals surface area contributed by atoms with Gasteiger partial charge in [-0.05, 0) is 45.3 Å². The van der Waals surface area contributed by atoms with E-state index in [1.807, 2.05) is 6.92 Å². The number of hydrogen-bond acceptors (Lipinski definition) is 5. The number of nitrogens with one attached hydrogen (secondary N) is 1. The molecule has 0 aromatic carbocycles. The third-order valence-corrected chi connectivity index (χ3v) is 3.39.